The van der Waals surface area contributed by atoms with Gasteiger partial charge in [-0.05, 0) is 94.4 Å². The summed E-state index contributed by atoms with van der Waals surface area (Å²) in [4.78, 5) is 24.8. The average Bonchev–Trinajstić information content (AvgIpc) is 2.76. The van der Waals surface area contributed by atoms with E-state index in [0.29, 0.717) is 29.9 Å². The standard InChI is InChI=1S/C22H14Br4ClNO4/c1-10(11-5-3-2-4-6-11)32-14-8-7-12(9-13(14)27)28-21(29)15-16(22(30)31)18(24)20(26)19(25)17(15)23/h2-10H,1H3,(H,28,29)(H,30,31). The molecule has 0 saturated heterocycles. The Balaban J connectivity index is 1.87. The molecule has 1 amide bonds. The number of amides is 1. The molecule has 1 unspecified atom stereocenters. The van der Waals surface area contributed by atoms with Crippen molar-refractivity contribution in [3.8, 4) is 5.75 Å². The van der Waals surface area contributed by atoms with Crippen LogP contribution in [0.3, 0.4) is 0 Å². The number of carbonyl (C=O) groups excluding carboxylic acids is 1. The molecule has 0 spiro atoms. The summed E-state index contributed by atoms with van der Waals surface area (Å²) in [5.74, 6) is -1.42. The van der Waals surface area contributed by atoms with Crippen molar-refractivity contribution in [2.75, 3.05) is 5.32 Å². The van der Waals surface area contributed by atoms with Gasteiger partial charge in [-0.3, -0.25) is 4.79 Å². The molecule has 5 nitrogen and oxygen atoms in total. The van der Waals surface area contributed by atoms with Gasteiger partial charge in [-0.2, -0.15) is 0 Å². The fourth-order valence-electron chi connectivity index (χ4n) is 2.90. The number of hydrogen-bond donors (Lipinski definition) is 2. The maximum absolute atomic E-state index is 13.0. The van der Waals surface area contributed by atoms with Gasteiger partial charge in [-0.1, -0.05) is 41.9 Å². The molecule has 2 N–H and O–H groups in total. The quantitative estimate of drug-likeness (QED) is 0.199. The highest BCUT2D eigenvalue weighted by Crippen LogP contribution is 2.42. The maximum atomic E-state index is 13.0. The molecule has 1 atom stereocenters. The molecule has 0 bridgehead atoms. The Labute approximate surface area is 223 Å². The van der Waals surface area contributed by atoms with Crippen LogP contribution in [0.2, 0.25) is 5.02 Å². The first-order valence-electron chi connectivity index (χ1n) is 9.03. The third-order valence-electron chi connectivity index (χ3n) is 4.47. The smallest absolute Gasteiger partial charge is 0.337 e. The van der Waals surface area contributed by atoms with Crippen molar-refractivity contribution in [2.45, 2.75) is 13.0 Å². The number of rotatable bonds is 6. The third kappa shape index (κ3) is 5.39. The zero-order valence-corrected chi connectivity index (χ0v) is 23.4. The van der Waals surface area contributed by atoms with Crippen LogP contribution in [0.1, 0.15) is 39.3 Å². The minimum atomic E-state index is -1.26. The van der Waals surface area contributed by atoms with Gasteiger partial charge in [0.2, 0.25) is 0 Å². The minimum absolute atomic E-state index is 0.0476. The van der Waals surface area contributed by atoms with Gasteiger partial charge in [0.25, 0.3) is 5.91 Å². The molecular formula is C22H14Br4ClNO4. The number of ether oxygens (including phenoxy) is 1. The number of aromatic carboxylic acids is 1. The first-order chi connectivity index (χ1) is 15.1. The maximum Gasteiger partial charge on any atom is 0.337 e. The molecule has 0 aliphatic carbocycles. The molecule has 0 fully saturated rings. The second-order valence-electron chi connectivity index (χ2n) is 6.58. The predicted octanol–water partition coefficient (Wildman–Crippen LogP) is 8.48. The first-order valence-corrected chi connectivity index (χ1v) is 12.6. The number of carbonyl (C=O) groups is 2. The summed E-state index contributed by atoms with van der Waals surface area (Å²) in [6, 6.07) is 14.5. The Morgan fingerprint density at radius 3 is 2.09 bits per heavy atom. The molecule has 32 heavy (non-hydrogen) atoms. The lowest BCUT2D eigenvalue weighted by Crippen LogP contribution is -2.18. The van der Waals surface area contributed by atoms with Gasteiger partial charge in [-0.25, -0.2) is 4.79 Å². The Bertz CT molecular complexity index is 1200. The lowest BCUT2D eigenvalue weighted by Gasteiger charge is -2.17. The van der Waals surface area contributed by atoms with Crippen molar-refractivity contribution >= 4 is 92.9 Å². The average molecular weight is 711 g/mol. The summed E-state index contributed by atoms with van der Waals surface area (Å²) in [6.07, 6.45) is -0.222. The van der Waals surface area contributed by atoms with Crippen molar-refractivity contribution in [3.63, 3.8) is 0 Å². The van der Waals surface area contributed by atoms with E-state index in [1.54, 1.807) is 18.2 Å². The molecular weight excluding hydrogens is 697 g/mol. The van der Waals surface area contributed by atoms with E-state index >= 15 is 0 Å². The lowest BCUT2D eigenvalue weighted by atomic mass is 10.1. The van der Waals surface area contributed by atoms with Crippen molar-refractivity contribution in [3.05, 3.63) is 88.1 Å². The van der Waals surface area contributed by atoms with Crippen LogP contribution in [0.5, 0.6) is 5.75 Å². The first kappa shape index (κ1) is 25.2. The van der Waals surface area contributed by atoms with E-state index in [0.717, 1.165) is 5.56 Å². The highest BCUT2D eigenvalue weighted by molar-refractivity contribution is 9.15. The third-order valence-corrected chi connectivity index (χ3v) is 9.53. The van der Waals surface area contributed by atoms with Gasteiger partial charge in [0.1, 0.15) is 11.9 Å². The van der Waals surface area contributed by atoms with Crippen LogP contribution >= 0.6 is 75.3 Å². The molecule has 166 valence electrons. The molecule has 3 rings (SSSR count). The number of hydrogen-bond acceptors (Lipinski definition) is 3. The highest BCUT2D eigenvalue weighted by atomic mass is 79.9. The van der Waals surface area contributed by atoms with Crippen molar-refractivity contribution in [2.24, 2.45) is 0 Å². The number of carboxylic acids is 1. The molecule has 0 aliphatic rings. The van der Waals surface area contributed by atoms with Gasteiger partial charge in [0.15, 0.2) is 0 Å². The normalized spacial score (nSPS) is 11.7. The summed E-state index contributed by atoms with van der Waals surface area (Å²) in [5, 5.41) is 12.7. The van der Waals surface area contributed by atoms with Crippen LogP contribution in [0.4, 0.5) is 5.69 Å². The zero-order chi connectivity index (χ0) is 23.6. The number of benzene rings is 3. The van der Waals surface area contributed by atoms with E-state index < -0.39 is 11.9 Å². The van der Waals surface area contributed by atoms with E-state index in [2.05, 4.69) is 69.0 Å². The molecule has 3 aromatic rings. The minimum Gasteiger partial charge on any atom is -0.484 e. The monoisotopic (exact) mass is 707 g/mol. The van der Waals surface area contributed by atoms with E-state index in [-0.39, 0.29) is 21.7 Å². The van der Waals surface area contributed by atoms with Crippen LogP contribution in [0, 0.1) is 0 Å². The fourth-order valence-corrected chi connectivity index (χ4v) is 5.59. The molecule has 0 aromatic heterocycles. The largest absolute Gasteiger partial charge is 0.484 e. The lowest BCUT2D eigenvalue weighted by molar-refractivity contribution is 0.0691. The Kier molecular flexibility index (Phi) is 8.43. The van der Waals surface area contributed by atoms with Crippen LogP contribution in [-0.4, -0.2) is 17.0 Å². The van der Waals surface area contributed by atoms with Crippen molar-refractivity contribution in [1.82, 2.24) is 0 Å². The number of anilines is 1. The summed E-state index contributed by atoms with van der Waals surface area (Å²) in [7, 11) is 0. The van der Waals surface area contributed by atoms with E-state index in [1.807, 2.05) is 37.3 Å². The highest BCUT2D eigenvalue weighted by Gasteiger charge is 2.28. The van der Waals surface area contributed by atoms with Gasteiger partial charge in [0.05, 0.1) is 16.1 Å². The van der Waals surface area contributed by atoms with Crippen LogP contribution in [0.15, 0.2) is 66.4 Å². The fraction of sp³-hybridized carbons (Fsp3) is 0.0909. The predicted molar refractivity (Wildman–Crippen MR) is 139 cm³/mol. The second-order valence-corrected chi connectivity index (χ2v) is 10.2. The number of carboxylic acid groups (broad SMARTS) is 1. The molecule has 10 heteroatoms. The molecule has 0 saturated carbocycles. The van der Waals surface area contributed by atoms with Crippen LogP contribution < -0.4 is 10.1 Å². The molecule has 0 aliphatic heterocycles. The van der Waals surface area contributed by atoms with Gasteiger partial charge >= 0.3 is 5.97 Å². The number of nitrogens with one attached hydrogen (secondary N) is 1. The van der Waals surface area contributed by atoms with E-state index in [1.165, 1.54) is 0 Å². The van der Waals surface area contributed by atoms with Gasteiger partial charge in [-0.15, -0.1) is 0 Å². The van der Waals surface area contributed by atoms with Gasteiger partial charge < -0.3 is 15.2 Å². The Hall–Kier alpha value is -1.39. The van der Waals surface area contributed by atoms with Crippen LogP contribution in [-0.2, 0) is 0 Å². The molecule has 0 radical (unpaired) electrons. The summed E-state index contributed by atoms with van der Waals surface area (Å²) >= 11 is 19.6. The summed E-state index contributed by atoms with van der Waals surface area (Å²) in [5.41, 5.74) is 1.15. The SMILES string of the molecule is CC(Oc1ccc(NC(=O)c2c(Br)c(Br)c(Br)c(Br)c2C(=O)O)cc1Cl)c1ccccc1. The second kappa shape index (κ2) is 10.7. The van der Waals surface area contributed by atoms with Crippen molar-refractivity contribution < 1.29 is 19.4 Å². The topological polar surface area (TPSA) is 75.6 Å². The molecule has 3 aromatic carbocycles. The van der Waals surface area contributed by atoms with E-state index in [9.17, 15) is 14.7 Å². The molecule has 0 heterocycles. The van der Waals surface area contributed by atoms with Crippen LogP contribution in [0.25, 0.3) is 0 Å². The Morgan fingerprint density at radius 2 is 1.53 bits per heavy atom. The summed E-state index contributed by atoms with van der Waals surface area (Å²) in [6.45, 7) is 1.91. The van der Waals surface area contributed by atoms with Crippen molar-refractivity contribution in [1.29, 1.82) is 0 Å². The van der Waals surface area contributed by atoms with Gasteiger partial charge in [0, 0.05) is 23.6 Å². The summed E-state index contributed by atoms with van der Waals surface area (Å²) < 4.78 is 7.44. The Morgan fingerprint density at radius 1 is 0.938 bits per heavy atom. The van der Waals surface area contributed by atoms with E-state index in [4.69, 9.17) is 16.3 Å². The zero-order valence-electron chi connectivity index (χ0n) is 16.3. The number of halogens is 5.